The average molecular weight is 358 g/mol. The molecule has 0 saturated heterocycles. The molecule has 4 nitrogen and oxygen atoms in total. The van der Waals surface area contributed by atoms with Gasteiger partial charge in [-0.05, 0) is 23.6 Å². The molecule has 2 rings (SSSR count). The summed E-state index contributed by atoms with van der Waals surface area (Å²) in [5.74, 6) is 1.41. The lowest BCUT2D eigenvalue weighted by atomic mass is 10.0. The van der Waals surface area contributed by atoms with Crippen molar-refractivity contribution < 1.29 is 0 Å². The SMILES string of the molecule is CC(C)Cn1ncnc1CC(N)c1ccc(Br)cc1Cl. The van der Waals surface area contributed by atoms with Gasteiger partial charge in [0.25, 0.3) is 0 Å². The van der Waals surface area contributed by atoms with E-state index in [0.717, 1.165) is 22.4 Å². The molecule has 20 heavy (non-hydrogen) atoms. The van der Waals surface area contributed by atoms with Crippen LogP contribution in [-0.2, 0) is 13.0 Å². The molecule has 108 valence electrons. The first-order chi connectivity index (χ1) is 9.47. The molecule has 0 spiro atoms. The third-order valence-electron chi connectivity index (χ3n) is 3.00. The minimum atomic E-state index is -0.189. The van der Waals surface area contributed by atoms with E-state index in [2.05, 4.69) is 39.9 Å². The number of nitrogens with zero attached hydrogens (tertiary/aromatic N) is 3. The summed E-state index contributed by atoms with van der Waals surface area (Å²) in [6.45, 7) is 5.14. The predicted octanol–water partition coefficient (Wildman–Crippen LogP) is 3.59. The van der Waals surface area contributed by atoms with Crippen LogP contribution in [0.25, 0.3) is 0 Å². The Labute approximate surface area is 132 Å². The smallest absolute Gasteiger partial charge is 0.138 e. The van der Waals surface area contributed by atoms with E-state index in [1.165, 1.54) is 0 Å². The molecule has 0 aliphatic carbocycles. The van der Waals surface area contributed by atoms with E-state index >= 15 is 0 Å². The molecule has 2 aromatic rings. The van der Waals surface area contributed by atoms with E-state index in [9.17, 15) is 0 Å². The van der Waals surface area contributed by atoms with Crippen LogP contribution in [0.3, 0.4) is 0 Å². The van der Waals surface area contributed by atoms with Crippen molar-refractivity contribution in [2.75, 3.05) is 0 Å². The Morgan fingerprint density at radius 2 is 2.15 bits per heavy atom. The maximum absolute atomic E-state index is 6.26. The van der Waals surface area contributed by atoms with Gasteiger partial charge in [-0.3, -0.25) is 0 Å². The van der Waals surface area contributed by atoms with Crippen molar-refractivity contribution in [3.8, 4) is 0 Å². The zero-order valence-electron chi connectivity index (χ0n) is 11.6. The van der Waals surface area contributed by atoms with Crippen LogP contribution in [0.1, 0.15) is 31.3 Å². The Morgan fingerprint density at radius 3 is 2.80 bits per heavy atom. The van der Waals surface area contributed by atoms with Gasteiger partial charge in [0.05, 0.1) is 0 Å². The Bertz CT molecular complexity index is 582. The van der Waals surface area contributed by atoms with Crippen molar-refractivity contribution in [2.45, 2.75) is 32.9 Å². The topological polar surface area (TPSA) is 56.7 Å². The number of hydrogen-bond acceptors (Lipinski definition) is 3. The zero-order chi connectivity index (χ0) is 14.7. The molecule has 0 bridgehead atoms. The van der Waals surface area contributed by atoms with E-state index in [-0.39, 0.29) is 6.04 Å². The number of nitrogens with two attached hydrogens (primary N) is 1. The van der Waals surface area contributed by atoms with E-state index in [4.69, 9.17) is 17.3 Å². The summed E-state index contributed by atoms with van der Waals surface area (Å²) >= 11 is 9.63. The van der Waals surface area contributed by atoms with Gasteiger partial charge in [0.15, 0.2) is 0 Å². The van der Waals surface area contributed by atoms with E-state index < -0.39 is 0 Å². The fourth-order valence-corrected chi connectivity index (χ4v) is 2.87. The summed E-state index contributed by atoms with van der Waals surface area (Å²) < 4.78 is 2.86. The van der Waals surface area contributed by atoms with Gasteiger partial charge in [0.2, 0.25) is 0 Å². The molecule has 0 radical (unpaired) electrons. The monoisotopic (exact) mass is 356 g/mol. The number of hydrogen-bond donors (Lipinski definition) is 1. The summed E-state index contributed by atoms with van der Waals surface area (Å²) in [5.41, 5.74) is 7.18. The number of rotatable bonds is 5. The van der Waals surface area contributed by atoms with Crippen LogP contribution in [0.5, 0.6) is 0 Å². The third kappa shape index (κ3) is 3.81. The molecule has 0 aliphatic rings. The molecule has 0 fully saturated rings. The van der Waals surface area contributed by atoms with Crippen LogP contribution in [0.2, 0.25) is 5.02 Å². The number of benzene rings is 1. The average Bonchev–Trinajstić information content (AvgIpc) is 2.75. The third-order valence-corrected chi connectivity index (χ3v) is 3.82. The second-order valence-corrected chi connectivity index (χ2v) is 6.55. The second-order valence-electron chi connectivity index (χ2n) is 5.23. The summed E-state index contributed by atoms with van der Waals surface area (Å²) in [7, 11) is 0. The zero-order valence-corrected chi connectivity index (χ0v) is 13.9. The molecule has 1 heterocycles. The minimum absolute atomic E-state index is 0.189. The van der Waals surface area contributed by atoms with Gasteiger partial charge in [0.1, 0.15) is 12.2 Å². The van der Waals surface area contributed by atoms with Crippen molar-refractivity contribution in [2.24, 2.45) is 11.7 Å². The van der Waals surface area contributed by atoms with Crippen LogP contribution in [0.15, 0.2) is 29.0 Å². The van der Waals surface area contributed by atoms with Crippen LogP contribution in [0, 0.1) is 5.92 Å². The maximum atomic E-state index is 6.26. The first-order valence-electron chi connectivity index (χ1n) is 6.54. The lowest BCUT2D eigenvalue weighted by Crippen LogP contribution is -2.18. The molecule has 1 aromatic heterocycles. The fourth-order valence-electron chi connectivity index (χ4n) is 2.05. The summed E-state index contributed by atoms with van der Waals surface area (Å²) in [6, 6.07) is 5.56. The highest BCUT2D eigenvalue weighted by molar-refractivity contribution is 9.10. The van der Waals surface area contributed by atoms with Gasteiger partial charge < -0.3 is 5.73 Å². The van der Waals surface area contributed by atoms with Gasteiger partial charge >= 0.3 is 0 Å². The van der Waals surface area contributed by atoms with E-state index in [1.807, 2.05) is 22.9 Å². The molecule has 0 aliphatic heterocycles. The van der Waals surface area contributed by atoms with E-state index in [1.54, 1.807) is 6.33 Å². The second kappa shape index (κ2) is 6.70. The standard InChI is InChI=1S/C14H18BrClN4/c1-9(2)7-20-14(18-8-19-20)6-13(17)11-4-3-10(15)5-12(11)16/h3-5,8-9,13H,6-7,17H2,1-2H3. The lowest BCUT2D eigenvalue weighted by Gasteiger charge is -2.15. The number of halogens is 2. The molecule has 0 amide bonds. The van der Waals surface area contributed by atoms with Gasteiger partial charge in [-0.1, -0.05) is 47.4 Å². The molecule has 1 atom stereocenters. The molecule has 0 saturated carbocycles. The first kappa shape index (κ1) is 15.5. The molecule has 6 heteroatoms. The maximum Gasteiger partial charge on any atom is 0.138 e. The highest BCUT2D eigenvalue weighted by atomic mass is 79.9. The molecule has 2 N–H and O–H groups in total. The van der Waals surface area contributed by atoms with Crippen LogP contribution in [0.4, 0.5) is 0 Å². The van der Waals surface area contributed by atoms with Crippen molar-refractivity contribution in [1.29, 1.82) is 0 Å². The van der Waals surface area contributed by atoms with Crippen LogP contribution in [-0.4, -0.2) is 14.8 Å². The van der Waals surface area contributed by atoms with Crippen molar-refractivity contribution in [3.63, 3.8) is 0 Å². The van der Waals surface area contributed by atoms with Crippen molar-refractivity contribution in [1.82, 2.24) is 14.8 Å². The highest BCUT2D eigenvalue weighted by Crippen LogP contribution is 2.27. The predicted molar refractivity (Wildman–Crippen MR) is 84.6 cm³/mol. The Balaban J connectivity index is 2.15. The quantitative estimate of drug-likeness (QED) is 0.889. The molecule has 1 unspecified atom stereocenters. The molecular formula is C14H18BrClN4. The van der Waals surface area contributed by atoms with Gasteiger partial charge in [-0.2, -0.15) is 5.10 Å². The minimum Gasteiger partial charge on any atom is -0.324 e. The summed E-state index contributed by atoms with van der Waals surface area (Å²) in [5, 5.41) is 4.92. The Hall–Kier alpha value is -0.910. The van der Waals surface area contributed by atoms with Crippen molar-refractivity contribution in [3.05, 3.63) is 45.4 Å². The highest BCUT2D eigenvalue weighted by Gasteiger charge is 2.15. The summed E-state index contributed by atoms with van der Waals surface area (Å²) in [6.07, 6.45) is 2.20. The fraction of sp³-hybridized carbons (Fsp3) is 0.429. The summed E-state index contributed by atoms with van der Waals surface area (Å²) in [4.78, 5) is 4.30. The van der Waals surface area contributed by atoms with Gasteiger partial charge in [0, 0.05) is 28.5 Å². The lowest BCUT2D eigenvalue weighted by molar-refractivity contribution is 0.459. The number of aromatic nitrogens is 3. The Kier molecular flexibility index (Phi) is 5.18. The van der Waals surface area contributed by atoms with Crippen LogP contribution >= 0.6 is 27.5 Å². The van der Waals surface area contributed by atoms with Crippen molar-refractivity contribution >= 4 is 27.5 Å². The largest absolute Gasteiger partial charge is 0.324 e. The first-order valence-corrected chi connectivity index (χ1v) is 7.71. The van der Waals surface area contributed by atoms with Gasteiger partial charge in [-0.25, -0.2) is 9.67 Å². The molecule has 1 aromatic carbocycles. The van der Waals surface area contributed by atoms with E-state index in [0.29, 0.717) is 17.4 Å². The van der Waals surface area contributed by atoms with Crippen LogP contribution < -0.4 is 5.73 Å². The Morgan fingerprint density at radius 1 is 1.40 bits per heavy atom. The van der Waals surface area contributed by atoms with Gasteiger partial charge in [-0.15, -0.1) is 0 Å². The molecular weight excluding hydrogens is 340 g/mol. The normalized spacial score (nSPS) is 12.9.